The predicted octanol–water partition coefficient (Wildman–Crippen LogP) is 2.92. The molecular formula is C34H41N5O5. The molecule has 4 rings (SSSR count). The number of hydrogen-bond donors (Lipinski definition) is 3. The van der Waals surface area contributed by atoms with Crippen LogP contribution >= 0.6 is 0 Å². The first-order valence-corrected chi connectivity index (χ1v) is 15.0. The highest BCUT2D eigenvalue weighted by molar-refractivity contribution is 5.99. The summed E-state index contributed by atoms with van der Waals surface area (Å²) in [5.41, 5.74) is 1.99. The van der Waals surface area contributed by atoms with Crippen molar-refractivity contribution in [2.75, 3.05) is 20.2 Å². The van der Waals surface area contributed by atoms with Gasteiger partial charge in [-0.05, 0) is 42.2 Å². The van der Waals surface area contributed by atoms with Crippen LogP contribution in [0.4, 0.5) is 0 Å². The lowest BCUT2D eigenvalue weighted by molar-refractivity contribution is -0.139. The molecule has 0 unspecified atom stereocenters. The lowest BCUT2D eigenvalue weighted by Crippen LogP contribution is -2.53. The van der Waals surface area contributed by atoms with Crippen LogP contribution in [0.1, 0.15) is 48.3 Å². The second-order valence-corrected chi connectivity index (χ2v) is 11.3. The van der Waals surface area contributed by atoms with E-state index in [2.05, 4.69) is 20.9 Å². The third-order valence-corrected chi connectivity index (χ3v) is 7.79. The number of nitrogens with zero attached hydrogens (tertiary/aromatic N) is 2. The van der Waals surface area contributed by atoms with Crippen LogP contribution in [-0.4, -0.2) is 71.8 Å². The molecule has 3 N–H and O–H groups in total. The summed E-state index contributed by atoms with van der Waals surface area (Å²) < 4.78 is 6.10. The number of carbonyl (C=O) groups excluding carboxylic acids is 4. The Morgan fingerprint density at radius 2 is 1.73 bits per heavy atom. The molecule has 2 aromatic carbocycles. The van der Waals surface area contributed by atoms with E-state index in [1.165, 1.54) is 4.90 Å². The predicted molar refractivity (Wildman–Crippen MR) is 167 cm³/mol. The molecule has 0 spiro atoms. The molecule has 0 saturated carbocycles. The number of rotatable bonds is 7. The van der Waals surface area contributed by atoms with E-state index in [0.717, 1.165) is 11.3 Å². The zero-order chi connectivity index (χ0) is 31.5. The molecule has 0 aliphatic carbocycles. The van der Waals surface area contributed by atoms with Crippen molar-refractivity contribution < 1.29 is 23.9 Å². The van der Waals surface area contributed by atoms with Gasteiger partial charge in [0.2, 0.25) is 17.7 Å². The van der Waals surface area contributed by atoms with E-state index in [-0.39, 0.29) is 48.8 Å². The van der Waals surface area contributed by atoms with Crippen LogP contribution in [0, 0.1) is 5.92 Å². The van der Waals surface area contributed by atoms with Crippen LogP contribution in [0.5, 0.6) is 5.75 Å². The first-order chi connectivity index (χ1) is 21.2. The molecule has 0 saturated heterocycles. The van der Waals surface area contributed by atoms with Gasteiger partial charge in [-0.15, -0.1) is 0 Å². The molecule has 1 aromatic heterocycles. The van der Waals surface area contributed by atoms with Gasteiger partial charge in [-0.1, -0.05) is 62.4 Å². The molecule has 0 fully saturated rings. The van der Waals surface area contributed by atoms with Crippen LogP contribution in [0.15, 0.2) is 79.0 Å². The Hall–Kier alpha value is -4.73. The van der Waals surface area contributed by atoms with Gasteiger partial charge in [0.1, 0.15) is 24.4 Å². The van der Waals surface area contributed by atoms with Crippen molar-refractivity contribution in [2.45, 2.75) is 57.7 Å². The minimum absolute atomic E-state index is 0.00756. The fraction of sp³-hybridized carbons (Fsp3) is 0.382. The number of fused-ring (bicyclic) bond motifs is 1. The van der Waals surface area contributed by atoms with Gasteiger partial charge >= 0.3 is 0 Å². The molecule has 232 valence electrons. The van der Waals surface area contributed by atoms with E-state index < -0.39 is 23.9 Å². The summed E-state index contributed by atoms with van der Waals surface area (Å²) in [4.78, 5) is 59.8. The van der Waals surface area contributed by atoms with Crippen LogP contribution in [-0.2, 0) is 27.2 Å². The zero-order valence-corrected chi connectivity index (χ0v) is 25.5. The zero-order valence-electron chi connectivity index (χ0n) is 25.5. The van der Waals surface area contributed by atoms with E-state index in [9.17, 15) is 19.2 Å². The average Bonchev–Trinajstić information content (AvgIpc) is 3.03. The maximum absolute atomic E-state index is 13.7. The van der Waals surface area contributed by atoms with Gasteiger partial charge in [0.25, 0.3) is 5.91 Å². The van der Waals surface area contributed by atoms with Crippen molar-refractivity contribution >= 4 is 23.6 Å². The normalized spacial score (nSPS) is 20.0. The number of benzene rings is 2. The van der Waals surface area contributed by atoms with E-state index in [1.54, 1.807) is 37.5 Å². The van der Waals surface area contributed by atoms with Gasteiger partial charge in [0.15, 0.2) is 0 Å². The molecule has 3 atom stereocenters. The van der Waals surface area contributed by atoms with Gasteiger partial charge < -0.3 is 25.6 Å². The molecule has 10 nitrogen and oxygen atoms in total. The van der Waals surface area contributed by atoms with Gasteiger partial charge in [-0.25, -0.2) is 0 Å². The lowest BCUT2D eigenvalue weighted by atomic mass is 10.0. The van der Waals surface area contributed by atoms with E-state index in [4.69, 9.17) is 4.74 Å². The van der Waals surface area contributed by atoms with Crippen molar-refractivity contribution in [2.24, 2.45) is 5.92 Å². The highest BCUT2D eigenvalue weighted by atomic mass is 16.5. The van der Waals surface area contributed by atoms with Gasteiger partial charge in [-0.3, -0.25) is 24.2 Å². The van der Waals surface area contributed by atoms with Crippen LogP contribution in [0.25, 0.3) is 0 Å². The fourth-order valence-corrected chi connectivity index (χ4v) is 4.99. The summed E-state index contributed by atoms with van der Waals surface area (Å²) in [7, 11) is 1.60. The van der Waals surface area contributed by atoms with Crippen molar-refractivity contribution in [1.82, 2.24) is 25.8 Å². The summed E-state index contributed by atoms with van der Waals surface area (Å²) >= 11 is 0. The summed E-state index contributed by atoms with van der Waals surface area (Å²) in [6.07, 6.45) is 2.51. The Balaban J connectivity index is 1.60. The molecule has 4 amide bonds. The van der Waals surface area contributed by atoms with Crippen molar-refractivity contribution in [3.63, 3.8) is 0 Å². The van der Waals surface area contributed by atoms with E-state index >= 15 is 0 Å². The Morgan fingerprint density at radius 1 is 1.00 bits per heavy atom. The van der Waals surface area contributed by atoms with Crippen LogP contribution in [0.2, 0.25) is 0 Å². The topological polar surface area (TPSA) is 130 Å². The minimum Gasteiger partial charge on any atom is -0.491 e. The molecular weight excluding hydrogens is 558 g/mol. The average molecular weight is 600 g/mol. The van der Waals surface area contributed by atoms with E-state index in [0.29, 0.717) is 25.1 Å². The largest absolute Gasteiger partial charge is 0.491 e. The van der Waals surface area contributed by atoms with Gasteiger partial charge in [0, 0.05) is 44.7 Å². The number of ether oxygens (including phenoxy) is 1. The summed E-state index contributed by atoms with van der Waals surface area (Å²) in [6, 6.07) is 19.7. The quantitative estimate of drug-likeness (QED) is 0.383. The summed E-state index contributed by atoms with van der Waals surface area (Å²) in [6.45, 7) is 4.37. The fourth-order valence-electron chi connectivity index (χ4n) is 4.99. The first-order valence-electron chi connectivity index (χ1n) is 15.0. The number of para-hydroxylation sites is 1. The first kappa shape index (κ1) is 32.2. The van der Waals surface area contributed by atoms with Crippen LogP contribution in [0.3, 0.4) is 0 Å². The Labute approximate surface area is 258 Å². The molecule has 3 aromatic rings. The molecule has 1 aliphatic rings. The van der Waals surface area contributed by atoms with E-state index in [1.807, 2.05) is 62.4 Å². The van der Waals surface area contributed by atoms with Gasteiger partial charge in [-0.2, -0.15) is 0 Å². The standard InChI is InChI=1S/C34H41N5O5/c1-23(2)28-22-44-30-15-8-7-14-26(30)32(41)37-27(33(42)36-20-18-25-13-9-10-19-35-25)16-17-31(40)39(3)29(34(43)38-28)21-24-11-5-4-6-12-24/h4-15,19,23,27-29H,16-18,20-22H2,1-3H3,(H,36,42)(H,37,41)(H,38,43)/t27-,28-,29-/m0/s1. The molecule has 1 aliphatic heterocycles. The summed E-state index contributed by atoms with van der Waals surface area (Å²) in [5.74, 6) is -1.17. The molecule has 44 heavy (non-hydrogen) atoms. The second-order valence-electron chi connectivity index (χ2n) is 11.3. The van der Waals surface area contributed by atoms with Crippen LogP contribution < -0.4 is 20.7 Å². The highest BCUT2D eigenvalue weighted by Crippen LogP contribution is 2.20. The molecule has 2 heterocycles. The number of carbonyl (C=O) groups is 4. The highest BCUT2D eigenvalue weighted by Gasteiger charge is 2.32. The third-order valence-electron chi connectivity index (χ3n) is 7.79. The monoisotopic (exact) mass is 599 g/mol. The second kappa shape index (κ2) is 15.7. The maximum atomic E-state index is 13.7. The number of likely N-dealkylation sites (N-methyl/N-ethyl adjacent to an activating group) is 1. The summed E-state index contributed by atoms with van der Waals surface area (Å²) in [5, 5.41) is 8.77. The number of amides is 4. The Bertz CT molecular complexity index is 1420. The maximum Gasteiger partial charge on any atom is 0.255 e. The van der Waals surface area contributed by atoms with Crippen molar-refractivity contribution in [3.8, 4) is 5.75 Å². The van der Waals surface area contributed by atoms with Gasteiger partial charge in [0.05, 0.1) is 11.6 Å². The molecule has 0 radical (unpaired) electrons. The smallest absolute Gasteiger partial charge is 0.255 e. The minimum atomic E-state index is -0.994. The Morgan fingerprint density at radius 3 is 2.45 bits per heavy atom. The number of nitrogens with one attached hydrogen (secondary N) is 3. The SMILES string of the molecule is CC(C)[C@@H]1COc2ccccc2C(=O)N[C@H](C(=O)NCCc2ccccn2)CCC(=O)N(C)[C@@H](Cc2ccccc2)C(=O)N1. The lowest BCUT2D eigenvalue weighted by Gasteiger charge is -2.31. The number of aromatic nitrogens is 1. The number of hydrogen-bond acceptors (Lipinski definition) is 6. The Kier molecular flexibility index (Phi) is 11.5. The molecule has 0 bridgehead atoms. The van der Waals surface area contributed by atoms with Crippen molar-refractivity contribution in [1.29, 1.82) is 0 Å². The van der Waals surface area contributed by atoms with Crippen molar-refractivity contribution in [3.05, 3.63) is 95.8 Å². The number of pyridine rings is 1. The third kappa shape index (κ3) is 8.89. The molecule has 10 heteroatoms.